The third-order valence-electron chi connectivity index (χ3n) is 4.44. The van der Waals surface area contributed by atoms with E-state index in [0.717, 1.165) is 11.1 Å². The lowest BCUT2D eigenvalue weighted by Crippen LogP contribution is -2.27. The van der Waals surface area contributed by atoms with Crippen LogP contribution in [0.2, 0.25) is 0 Å². The van der Waals surface area contributed by atoms with Gasteiger partial charge < -0.3 is 9.88 Å². The number of benzene rings is 2. The van der Waals surface area contributed by atoms with Crippen molar-refractivity contribution in [2.45, 2.75) is 30.5 Å². The Bertz CT molecular complexity index is 1130. The van der Waals surface area contributed by atoms with Gasteiger partial charge in [-0.2, -0.15) is 13.9 Å². The van der Waals surface area contributed by atoms with E-state index in [1.807, 2.05) is 24.3 Å². The number of carbonyl (C=O) groups is 1. The molecule has 0 fully saturated rings. The lowest BCUT2D eigenvalue weighted by molar-refractivity contribution is -0.121. The molecule has 2 aromatic carbocycles. The number of alkyl halides is 2. The van der Waals surface area contributed by atoms with Crippen LogP contribution in [0.4, 0.5) is 8.78 Å². The number of carbonyl (C=O) groups excluding carboxylic acids is 1. The van der Waals surface area contributed by atoms with Gasteiger partial charge in [0.2, 0.25) is 5.91 Å². The predicted molar refractivity (Wildman–Crippen MR) is 109 cm³/mol. The van der Waals surface area contributed by atoms with Crippen LogP contribution >= 0.6 is 11.8 Å². The summed E-state index contributed by atoms with van der Waals surface area (Å²) in [6.45, 7) is 0.872. The fourth-order valence-corrected chi connectivity index (χ4v) is 3.64. The summed E-state index contributed by atoms with van der Waals surface area (Å²) in [6, 6.07) is 14.8. The molecule has 7 nitrogen and oxygen atoms in total. The maximum absolute atomic E-state index is 12.9. The highest BCUT2D eigenvalue weighted by molar-refractivity contribution is 7.99. The molecule has 0 unspecified atom stereocenters. The molecule has 4 rings (SSSR count). The molecule has 0 saturated heterocycles. The number of rotatable bonds is 8. The standard InChI is InChI=1S/C20H18F2N6OS/c21-19(22)30-20-26-16-3-1-2-4-17(16)28(20)11-18(29)24-9-14-5-7-15(8-6-14)10-27-13-23-12-25-27/h1-8,12-13,19H,9-11H2,(H,24,29). The highest BCUT2D eigenvalue weighted by atomic mass is 32.2. The first kappa shape index (κ1) is 20.0. The SMILES string of the molecule is O=C(Cn1c(SC(F)F)nc2ccccc21)NCc1ccc(Cn2cncn2)cc1. The highest BCUT2D eigenvalue weighted by Crippen LogP contribution is 2.28. The fraction of sp³-hybridized carbons (Fsp3) is 0.200. The normalized spacial score (nSPS) is 11.3. The van der Waals surface area contributed by atoms with Crippen molar-refractivity contribution < 1.29 is 13.6 Å². The lowest BCUT2D eigenvalue weighted by atomic mass is 10.1. The van der Waals surface area contributed by atoms with Crippen molar-refractivity contribution in [1.29, 1.82) is 0 Å². The molecule has 0 spiro atoms. The molecular weight excluding hydrogens is 410 g/mol. The van der Waals surface area contributed by atoms with Gasteiger partial charge in [0.25, 0.3) is 5.76 Å². The number of halogens is 2. The van der Waals surface area contributed by atoms with E-state index in [9.17, 15) is 13.6 Å². The Morgan fingerprint density at radius 3 is 2.60 bits per heavy atom. The number of nitrogens with one attached hydrogen (secondary N) is 1. The summed E-state index contributed by atoms with van der Waals surface area (Å²) >= 11 is 0.337. The van der Waals surface area contributed by atoms with Crippen molar-refractivity contribution in [2.75, 3.05) is 0 Å². The second-order valence-corrected chi connectivity index (χ2v) is 7.49. The monoisotopic (exact) mass is 428 g/mol. The zero-order valence-electron chi connectivity index (χ0n) is 15.8. The Kier molecular flexibility index (Phi) is 6.03. The Morgan fingerprint density at radius 2 is 1.87 bits per heavy atom. The van der Waals surface area contributed by atoms with Crippen LogP contribution < -0.4 is 5.32 Å². The first-order valence-electron chi connectivity index (χ1n) is 9.15. The van der Waals surface area contributed by atoms with E-state index in [0.29, 0.717) is 35.9 Å². The molecule has 0 aliphatic heterocycles. The van der Waals surface area contributed by atoms with Crippen LogP contribution in [0.3, 0.4) is 0 Å². The second-order valence-electron chi connectivity index (χ2n) is 6.53. The number of nitrogens with zero attached hydrogens (tertiary/aromatic N) is 5. The number of aromatic nitrogens is 5. The molecule has 0 aliphatic carbocycles. The fourth-order valence-electron chi connectivity index (χ4n) is 3.04. The van der Waals surface area contributed by atoms with E-state index < -0.39 is 5.76 Å². The van der Waals surface area contributed by atoms with E-state index in [4.69, 9.17) is 0 Å². The summed E-state index contributed by atoms with van der Waals surface area (Å²) in [7, 11) is 0. The smallest absolute Gasteiger partial charge is 0.291 e. The highest BCUT2D eigenvalue weighted by Gasteiger charge is 2.17. The topological polar surface area (TPSA) is 77.6 Å². The van der Waals surface area contributed by atoms with Gasteiger partial charge in [-0.3, -0.25) is 4.79 Å². The van der Waals surface area contributed by atoms with Crippen molar-refractivity contribution >= 4 is 28.7 Å². The minimum atomic E-state index is -2.61. The second kappa shape index (κ2) is 9.04. The van der Waals surface area contributed by atoms with E-state index in [-0.39, 0.29) is 17.6 Å². The molecule has 2 aromatic heterocycles. The number of imidazole rings is 1. The van der Waals surface area contributed by atoms with Gasteiger partial charge in [0.15, 0.2) is 5.16 Å². The van der Waals surface area contributed by atoms with Crippen LogP contribution in [-0.2, 0) is 24.4 Å². The summed E-state index contributed by atoms with van der Waals surface area (Å²) < 4.78 is 29.0. The van der Waals surface area contributed by atoms with Crippen LogP contribution in [-0.4, -0.2) is 36.0 Å². The van der Waals surface area contributed by atoms with E-state index >= 15 is 0 Å². The minimum Gasteiger partial charge on any atom is -0.350 e. The molecule has 0 radical (unpaired) electrons. The molecule has 0 saturated carbocycles. The van der Waals surface area contributed by atoms with Crippen molar-refractivity contribution in [3.05, 3.63) is 72.3 Å². The van der Waals surface area contributed by atoms with Gasteiger partial charge in [0.1, 0.15) is 19.2 Å². The van der Waals surface area contributed by atoms with E-state index in [1.165, 1.54) is 10.9 Å². The quantitative estimate of drug-likeness (QED) is 0.436. The van der Waals surface area contributed by atoms with Crippen LogP contribution in [0.5, 0.6) is 0 Å². The molecule has 1 amide bonds. The maximum atomic E-state index is 12.9. The molecule has 10 heteroatoms. The van der Waals surface area contributed by atoms with Crippen molar-refractivity contribution in [3.63, 3.8) is 0 Å². The van der Waals surface area contributed by atoms with E-state index in [2.05, 4.69) is 20.4 Å². The van der Waals surface area contributed by atoms with Crippen LogP contribution in [0, 0.1) is 0 Å². The summed E-state index contributed by atoms with van der Waals surface area (Å²) in [5.41, 5.74) is 3.22. The first-order valence-corrected chi connectivity index (χ1v) is 10.0. The van der Waals surface area contributed by atoms with Gasteiger partial charge in [-0.1, -0.05) is 36.4 Å². The molecular formula is C20H18F2N6OS. The number of thioether (sulfide) groups is 1. The zero-order valence-corrected chi connectivity index (χ0v) is 16.6. The molecule has 0 bridgehead atoms. The van der Waals surface area contributed by atoms with Gasteiger partial charge in [0.05, 0.1) is 17.6 Å². The predicted octanol–water partition coefficient (Wildman–Crippen LogP) is 3.31. The summed E-state index contributed by atoms with van der Waals surface area (Å²) in [5.74, 6) is -2.89. The third-order valence-corrected chi connectivity index (χ3v) is 5.14. The largest absolute Gasteiger partial charge is 0.350 e. The van der Waals surface area contributed by atoms with E-state index in [1.54, 1.807) is 35.3 Å². The average molecular weight is 428 g/mol. The Morgan fingerprint density at radius 1 is 1.10 bits per heavy atom. The molecule has 0 atom stereocenters. The molecule has 1 N–H and O–H groups in total. The Balaban J connectivity index is 1.39. The Labute approximate surface area is 175 Å². The number of amides is 1. The molecule has 30 heavy (non-hydrogen) atoms. The van der Waals surface area contributed by atoms with Crippen molar-refractivity contribution in [1.82, 2.24) is 29.6 Å². The summed E-state index contributed by atoms with van der Waals surface area (Å²) in [5, 5.41) is 7.03. The maximum Gasteiger partial charge on any atom is 0.291 e. The third kappa shape index (κ3) is 4.82. The van der Waals surface area contributed by atoms with Gasteiger partial charge in [-0.15, -0.1) is 0 Å². The Hall–Kier alpha value is -3.27. The number of hydrogen-bond acceptors (Lipinski definition) is 5. The number of fused-ring (bicyclic) bond motifs is 1. The number of para-hydroxylation sites is 2. The summed E-state index contributed by atoms with van der Waals surface area (Å²) in [4.78, 5) is 20.6. The molecule has 2 heterocycles. The number of hydrogen-bond donors (Lipinski definition) is 1. The molecule has 154 valence electrons. The lowest BCUT2D eigenvalue weighted by Gasteiger charge is -2.10. The van der Waals surface area contributed by atoms with Gasteiger partial charge in [-0.05, 0) is 35.0 Å². The zero-order chi connectivity index (χ0) is 20.9. The van der Waals surface area contributed by atoms with Crippen LogP contribution in [0.25, 0.3) is 11.0 Å². The molecule has 4 aromatic rings. The molecule has 0 aliphatic rings. The van der Waals surface area contributed by atoms with Gasteiger partial charge >= 0.3 is 0 Å². The van der Waals surface area contributed by atoms with Gasteiger partial charge in [0, 0.05) is 6.54 Å². The first-order chi connectivity index (χ1) is 14.6. The summed E-state index contributed by atoms with van der Waals surface area (Å²) in [6.07, 6.45) is 3.13. The van der Waals surface area contributed by atoms with Crippen LogP contribution in [0.1, 0.15) is 11.1 Å². The average Bonchev–Trinajstić information content (AvgIpc) is 3.35. The van der Waals surface area contributed by atoms with Gasteiger partial charge in [-0.25, -0.2) is 14.6 Å². The van der Waals surface area contributed by atoms with Crippen molar-refractivity contribution in [3.8, 4) is 0 Å². The van der Waals surface area contributed by atoms with Crippen molar-refractivity contribution in [2.24, 2.45) is 0 Å². The van der Waals surface area contributed by atoms with Crippen LogP contribution in [0.15, 0.2) is 66.3 Å². The minimum absolute atomic E-state index is 0.0834.